The first kappa shape index (κ1) is 21.9. The molecule has 0 aliphatic carbocycles. The molecule has 5 nitrogen and oxygen atoms in total. The molecule has 0 unspecified atom stereocenters. The van der Waals surface area contributed by atoms with Crippen LogP contribution in [0.4, 0.5) is 5.69 Å². The molecule has 0 saturated carbocycles. The van der Waals surface area contributed by atoms with E-state index in [2.05, 4.69) is 25.8 Å². The zero-order chi connectivity index (χ0) is 21.8. The van der Waals surface area contributed by atoms with Gasteiger partial charge in [-0.1, -0.05) is 35.3 Å². The largest absolute Gasteiger partial charge is 0.368 e. The Morgan fingerprint density at radius 1 is 1.13 bits per heavy atom. The minimum atomic E-state index is -0.0844. The van der Waals surface area contributed by atoms with Gasteiger partial charge in [-0.25, -0.2) is 4.98 Å². The number of anilines is 1. The number of rotatable bonds is 6. The summed E-state index contributed by atoms with van der Waals surface area (Å²) < 4.78 is 0. The fraction of sp³-hybridized carbons (Fsp3) is 0.333. The minimum absolute atomic E-state index is 0.0844. The molecule has 1 aromatic carbocycles. The van der Waals surface area contributed by atoms with Gasteiger partial charge in [0.15, 0.2) is 0 Å². The molecule has 4 rings (SSSR count). The summed E-state index contributed by atoms with van der Waals surface area (Å²) >= 11 is 12.5. The first-order chi connectivity index (χ1) is 15.0. The zero-order valence-electron chi connectivity index (χ0n) is 17.6. The molecule has 0 spiro atoms. The Balaban J connectivity index is 1.24. The average molecular weight is 457 g/mol. The van der Waals surface area contributed by atoms with Gasteiger partial charge < -0.3 is 9.88 Å². The monoisotopic (exact) mass is 456 g/mol. The lowest BCUT2D eigenvalue weighted by atomic mass is 10.2. The Bertz CT molecular complexity index is 1150. The van der Waals surface area contributed by atoms with E-state index in [1.54, 1.807) is 6.92 Å². The highest BCUT2D eigenvalue weighted by atomic mass is 35.5. The molecule has 31 heavy (non-hydrogen) atoms. The van der Waals surface area contributed by atoms with Crippen molar-refractivity contribution in [2.45, 2.75) is 19.8 Å². The van der Waals surface area contributed by atoms with E-state index < -0.39 is 0 Å². The second kappa shape index (κ2) is 9.86. The molecule has 3 heterocycles. The van der Waals surface area contributed by atoms with Crippen molar-refractivity contribution in [2.75, 3.05) is 37.6 Å². The van der Waals surface area contributed by atoms with Crippen molar-refractivity contribution in [2.24, 2.45) is 0 Å². The number of nitrogens with zero attached hydrogens (tertiary/aromatic N) is 3. The number of benzene rings is 1. The highest BCUT2D eigenvalue weighted by molar-refractivity contribution is 6.43. The van der Waals surface area contributed by atoms with E-state index in [0.29, 0.717) is 21.3 Å². The molecule has 0 amide bonds. The summed E-state index contributed by atoms with van der Waals surface area (Å²) in [6, 6.07) is 11.7. The van der Waals surface area contributed by atoms with Gasteiger partial charge in [-0.05, 0) is 62.7 Å². The number of allylic oxidation sites excluding steroid dienone is 1. The molecule has 3 aromatic rings. The Hall–Kier alpha value is -2.34. The molecule has 2 aromatic heterocycles. The molecular formula is C24H26Cl2N4O. The van der Waals surface area contributed by atoms with Crippen molar-refractivity contribution in [1.29, 1.82) is 0 Å². The van der Waals surface area contributed by atoms with Gasteiger partial charge in [0.2, 0.25) is 0 Å². The van der Waals surface area contributed by atoms with Crippen LogP contribution in [0, 0.1) is 6.92 Å². The number of nitrogens with one attached hydrogen (secondary N) is 1. The third-order valence-corrected chi connectivity index (χ3v) is 6.50. The molecule has 162 valence electrons. The number of halogens is 2. The van der Waals surface area contributed by atoms with Crippen molar-refractivity contribution in [3.8, 4) is 0 Å². The molecule has 0 bridgehead atoms. The number of unbranched alkanes of at least 4 members (excludes halogenated alkanes) is 1. The van der Waals surface area contributed by atoms with E-state index in [1.807, 2.05) is 42.5 Å². The number of aromatic amines is 1. The highest BCUT2D eigenvalue weighted by Gasteiger charge is 2.19. The van der Waals surface area contributed by atoms with Crippen molar-refractivity contribution in [3.63, 3.8) is 0 Å². The van der Waals surface area contributed by atoms with E-state index in [0.717, 1.165) is 62.3 Å². The summed E-state index contributed by atoms with van der Waals surface area (Å²) in [5.74, 6) is 0. The number of fused-ring (bicyclic) bond motifs is 1. The number of aryl methyl sites for hydroxylation is 1. The average Bonchev–Trinajstić information content (AvgIpc) is 2.77. The van der Waals surface area contributed by atoms with E-state index in [1.165, 1.54) is 0 Å². The topological polar surface area (TPSA) is 52.2 Å². The van der Waals surface area contributed by atoms with Crippen LogP contribution in [0.2, 0.25) is 10.0 Å². The number of H-pyrrole nitrogens is 1. The van der Waals surface area contributed by atoms with Crippen LogP contribution in [0.3, 0.4) is 0 Å². The number of pyridine rings is 2. The molecule has 1 aliphatic rings. The van der Waals surface area contributed by atoms with Gasteiger partial charge in [0.05, 0.1) is 21.4 Å². The summed E-state index contributed by atoms with van der Waals surface area (Å²) in [4.78, 5) is 24.0. The summed E-state index contributed by atoms with van der Waals surface area (Å²) in [7, 11) is 0. The Kier molecular flexibility index (Phi) is 6.96. The quantitative estimate of drug-likeness (QED) is 0.520. The van der Waals surface area contributed by atoms with Gasteiger partial charge in [-0.15, -0.1) is 0 Å². The van der Waals surface area contributed by atoms with E-state index >= 15 is 0 Å². The molecule has 7 heteroatoms. The third-order valence-electron chi connectivity index (χ3n) is 5.69. The lowest BCUT2D eigenvalue weighted by Crippen LogP contribution is -2.46. The summed E-state index contributed by atoms with van der Waals surface area (Å²) in [6.07, 6.45) is 6.27. The maximum Gasteiger partial charge on any atom is 0.252 e. The van der Waals surface area contributed by atoms with Crippen LogP contribution < -0.4 is 10.5 Å². The van der Waals surface area contributed by atoms with Crippen LogP contribution in [0.5, 0.6) is 0 Å². The van der Waals surface area contributed by atoms with E-state index in [4.69, 9.17) is 23.2 Å². The Morgan fingerprint density at radius 2 is 1.94 bits per heavy atom. The van der Waals surface area contributed by atoms with Crippen LogP contribution in [0.25, 0.3) is 17.1 Å². The maximum absolute atomic E-state index is 11.8. The molecule has 0 radical (unpaired) electrons. The van der Waals surface area contributed by atoms with Crippen molar-refractivity contribution in [3.05, 3.63) is 74.1 Å². The van der Waals surface area contributed by atoms with Gasteiger partial charge >= 0.3 is 0 Å². The van der Waals surface area contributed by atoms with Crippen LogP contribution in [0.1, 0.15) is 24.1 Å². The number of hydrogen-bond donors (Lipinski definition) is 1. The first-order valence-electron chi connectivity index (χ1n) is 10.6. The molecular weight excluding hydrogens is 431 g/mol. The van der Waals surface area contributed by atoms with Crippen molar-refractivity contribution < 1.29 is 0 Å². The van der Waals surface area contributed by atoms with Crippen LogP contribution in [-0.4, -0.2) is 47.6 Å². The van der Waals surface area contributed by atoms with E-state index in [9.17, 15) is 4.79 Å². The van der Waals surface area contributed by atoms with Gasteiger partial charge in [-0.2, -0.15) is 0 Å². The molecule has 1 N–H and O–H groups in total. The van der Waals surface area contributed by atoms with Crippen molar-refractivity contribution >= 4 is 46.0 Å². The van der Waals surface area contributed by atoms with Crippen LogP contribution in [-0.2, 0) is 0 Å². The van der Waals surface area contributed by atoms with E-state index in [-0.39, 0.29) is 5.56 Å². The normalized spacial score (nSPS) is 15.3. The fourth-order valence-corrected chi connectivity index (χ4v) is 4.30. The molecule has 0 atom stereocenters. The Labute approximate surface area is 192 Å². The maximum atomic E-state index is 11.8. The second-order valence-corrected chi connectivity index (χ2v) is 8.69. The zero-order valence-corrected chi connectivity index (χ0v) is 19.1. The Morgan fingerprint density at radius 3 is 2.74 bits per heavy atom. The fourth-order valence-electron chi connectivity index (χ4n) is 3.89. The first-order valence-corrected chi connectivity index (χ1v) is 11.4. The van der Waals surface area contributed by atoms with Crippen LogP contribution >= 0.6 is 23.2 Å². The summed E-state index contributed by atoms with van der Waals surface area (Å²) in [6.45, 7) is 6.82. The standard InChI is InChI=1S/C24H26Cl2N4O/c1-17-16-18-9-10-19(27-23(18)28-24(17)31)6-3-2-4-11-29-12-14-30(15-13-29)21-8-5-7-20(25)22(21)26/h3,5-10,16H,2,4,11-15H2,1H3,(H,27,28,31). The number of hydrogen-bond acceptors (Lipinski definition) is 4. The predicted molar refractivity (Wildman–Crippen MR) is 130 cm³/mol. The van der Waals surface area contributed by atoms with Gasteiger partial charge in [-0.3, -0.25) is 9.69 Å². The SMILES string of the molecule is Cc1cc2ccc(C=CCCCN3CCN(c4cccc(Cl)c4Cl)CC3)nc2[nH]c1=O. The smallest absolute Gasteiger partial charge is 0.252 e. The highest BCUT2D eigenvalue weighted by Crippen LogP contribution is 2.32. The molecule has 1 saturated heterocycles. The minimum Gasteiger partial charge on any atom is -0.368 e. The van der Waals surface area contributed by atoms with Gasteiger partial charge in [0.25, 0.3) is 5.56 Å². The lowest BCUT2D eigenvalue weighted by Gasteiger charge is -2.36. The predicted octanol–water partition coefficient (Wildman–Crippen LogP) is 5.15. The lowest BCUT2D eigenvalue weighted by molar-refractivity contribution is 0.255. The van der Waals surface area contributed by atoms with Crippen LogP contribution in [0.15, 0.2) is 47.3 Å². The van der Waals surface area contributed by atoms with Gasteiger partial charge in [0.1, 0.15) is 5.65 Å². The number of aromatic nitrogens is 2. The molecule has 1 fully saturated rings. The summed E-state index contributed by atoms with van der Waals surface area (Å²) in [5.41, 5.74) is 3.14. The van der Waals surface area contributed by atoms with Gasteiger partial charge in [0, 0.05) is 37.1 Å². The molecule has 1 aliphatic heterocycles. The summed E-state index contributed by atoms with van der Waals surface area (Å²) in [5, 5.41) is 2.20. The van der Waals surface area contributed by atoms with Crippen molar-refractivity contribution in [1.82, 2.24) is 14.9 Å². The second-order valence-electron chi connectivity index (χ2n) is 7.90. The third kappa shape index (κ3) is 5.29. The number of piperazine rings is 1.